The minimum Gasteiger partial charge on any atom is -0.308 e. The number of nitrogens with zero attached hydrogens (tertiary/aromatic N) is 4. The maximum Gasteiger partial charge on any atom is 0.159 e. The summed E-state index contributed by atoms with van der Waals surface area (Å²) in [4.78, 5) is 9.05. The lowest BCUT2D eigenvalue weighted by atomic mass is 9.96. The molecule has 6 nitrogen and oxygen atoms in total. The standard InChI is InChI=1S/C14H22N6/c1-8-9(2)19-20(10(8)3)12-7-11(18-15)16-13(17-12)14(4,5)6/h7H,15H2,1-6H3,(H,16,17,18). The molecule has 0 unspecified atom stereocenters. The van der Waals surface area contributed by atoms with Crippen LogP contribution in [0.3, 0.4) is 0 Å². The van der Waals surface area contributed by atoms with Gasteiger partial charge in [-0.2, -0.15) is 5.10 Å². The molecule has 0 radical (unpaired) electrons. The number of aromatic nitrogens is 4. The molecule has 0 saturated carbocycles. The molecule has 3 N–H and O–H groups in total. The third-order valence-corrected chi connectivity index (χ3v) is 3.40. The first kappa shape index (κ1) is 14.5. The summed E-state index contributed by atoms with van der Waals surface area (Å²) in [7, 11) is 0. The first-order chi connectivity index (χ1) is 9.24. The van der Waals surface area contributed by atoms with Crippen LogP contribution in [0.5, 0.6) is 0 Å². The molecule has 0 amide bonds. The first-order valence-electron chi connectivity index (χ1n) is 6.63. The average molecular weight is 274 g/mol. The second kappa shape index (κ2) is 4.86. The van der Waals surface area contributed by atoms with Crippen LogP contribution in [0.25, 0.3) is 5.82 Å². The van der Waals surface area contributed by atoms with Crippen molar-refractivity contribution in [3.05, 3.63) is 28.8 Å². The molecule has 0 bridgehead atoms. The molecule has 2 heterocycles. The Morgan fingerprint density at radius 3 is 2.25 bits per heavy atom. The molecule has 0 aromatic carbocycles. The van der Waals surface area contributed by atoms with Gasteiger partial charge in [-0.05, 0) is 26.3 Å². The van der Waals surface area contributed by atoms with Crippen LogP contribution >= 0.6 is 0 Å². The second-order valence-corrected chi connectivity index (χ2v) is 6.04. The summed E-state index contributed by atoms with van der Waals surface area (Å²) in [5, 5.41) is 4.54. The highest BCUT2D eigenvalue weighted by Crippen LogP contribution is 2.23. The molecule has 6 heteroatoms. The molecule has 20 heavy (non-hydrogen) atoms. The van der Waals surface area contributed by atoms with Gasteiger partial charge >= 0.3 is 0 Å². The minimum absolute atomic E-state index is 0.160. The second-order valence-electron chi connectivity index (χ2n) is 6.04. The smallest absolute Gasteiger partial charge is 0.159 e. The highest BCUT2D eigenvalue weighted by Gasteiger charge is 2.20. The lowest BCUT2D eigenvalue weighted by Crippen LogP contribution is -2.20. The maximum atomic E-state index is 5.51. The van der Waals surface area contributed by atoms with Gasteiger partial charge < -0.3 is 5.43 Å². The Morgan fingerprint density at radius 1 is 1.15 bits per heavy atom. The van der Waals surface area contributed by atoms with Crippen LogP contribution in [-0.4, -0.2) is 19.7 Å². The van der Waals surface area contributed by atoms with Crippen LogP contribution in [0.4, 0.5) is 5.82 Å². The predicted molar refractivity (Wildman–Crippen MR) is 79.9 cm³/mol. The fraction of sp³-hybridized carbons (Fsp3) is 0.500. The highest BCUT2D eigenvalue weighted by molar-refractivity contribution is 5.43. The molecule has 0 aliphatic carbocycles. The number of anilines is 1. The molecule has 0 spiro atoms. The molecular formula is C14H22N6. The third-order valence-electron chi connectivity index (χ3n) is 3.40. The summed E-state index contributed by atoms with van der Waals surface area (Å²) < 4.78 is 1.84. The van der Waals surface area contributed by atoms with Crippen LogP contribution < -0.4 is 11.3 Å². The van der Waals surface area contributed by atoms with E-state index < -0.39 is 0 Å². The SMILES string of the molecule is Cc1nn(-c2cc(NN)nc(C(C)(C)C)n2)c(C)c1C. The van der Waals surface area contributed by atoms with Crippen LogP contribution in [0, 0.1) is 20.8 Å². The topological polar surface area (TPSA) is 81.7 Å². The zero-order valence-corrected chi connectivity index (χ0v) is 12.9. The van der Waals surface area contributed by atoms with E-state index in [1.165, 1.54) is 5.56 Å². The van der Waals surface area contributed by atoms with Crippen LogP contribution in [0.15, 0.2) is 6.07 Å². The fourth-order valence-corrected chi connectivity index (χ4v) is 1.90. The Balaban J connectivity index is 2.64. The van der Waals surface area contributed by atoms with E-state index >= 15 is 0 Å². The van der Waals surface area contributed by atoms with Crippen molar-refractivity contribution in [2.24, 2.45) is 5.84 Å². The van der Waals surface area contributed by atoms with Gasteiger partial charge in [-0.25, -0.2) is 20.5 Å². The van der Waals surface area contributed by atoms with E-state index in [-0.39, 0.29) is 5.41 Å². The number of nitrogens with one attached hydrogen (secondary N) is 1. The van der Waals surface area contributed by atoms with Crippen molar-refractivity contribution in [2.75, 3.05) is 5.43 Å². The Hall–Kier alpha value is -1.95. The summed E-state index contributed by atoms with van der Waals surface area (Å²) in [6, 6.07) is 1.80. The summed E-state index contributed by atoms with van der Waals surface area (Å²) in [6.07, 6.45) is 0. The number of hydrogen-bond acceptors (Lipinski definition) is 5. The summed E-state index contributed by atoms with van der Waals surface area (Å²) in [5.74, 6) is 7.56. The van der Waals surface area contributed by atoms with E-state index in [0.717, 1.165) is 23.0 Å². The Kier molecular flexibility index (Phi) is 3.52. The lowest BCUT2D eigenvalue weighted by Gasteiger charge is -2.18. The molecule has 2 rings (SSSR count). The van der Waals surface area contributed by atoms with Crippen molar-refractivity contribution in [1.82, 2.24) is 19.7 Å². The molecule has 0 saturated heterocycles. The molecule has 2 aromatic heterocycles. The first-order valence-corrected chi connectivity index (χ1v) is 6.63. The quantitative estimate of drug-likeness (QED) is 0.648. The van der Waals surface area contributed by atoms with Crippen molar-refractivity contribution in [1.29, 1.82) is 0 Å². The Labute approximate surface area is 119 Å². The fourth-order valence-electron chi connectivity index (χ4n) is 1.90. The van der Waals surface area contributed by atoms with Gasteiger partial charge in [-0.1, -0.05) is 20.8 Å². The average Bonchev–Trinajstić information content (AvgIpc) is 2.65. The van der Waals surface area contributed by atoms with Crippen molar-refractivity contribution in [2.45, 2.75) is 47.0 Å². The number of nitrogens with two attached hydrogens (primary N) is 1. The van der Waals surface area contributed by atoms with E-state index in [1.807, 2.05) is 18.5 Å². The lowest BCUT2D eigenvalue weighted by molar-refractivity contribution is 0.542. The largest absolute Gasteiger partial charge is 0.308 e. The number of hydrogen-bond donors (Lipinski definition) is 2. The van der Waals surface area contributed by atoms with E-state index in [9.17, 15) is 0 Å². The maximum absolute atomic E-state index is 5.51. The van der Waals surface area contributed by atoms with E-state index in [0.29, 0.717) is 5.82 Å². The predicted octanol–water partition coefficient (Wildman–Crippen LogP) is 2.17. The van der Waals surface area contributed by atoms with Crippen LogP contribution in [0.2, 0.25) is 0 Å². The number of aryl methyl sites for hydroxylation is 1. The highest BCUT2D eigenvalue weighted by atomic mass is 15.3. The van der Waals surface area contributed by atoms with Gasteiger partial charge in [-0.15, -0.1) is 0 Å². The van der Waals surface area contributed by atoms with E-state index in [4.69, 9.17) is 5.84 Å². The van der Waals surface area contributed by atoms with Gasteiger partial charge in [-0.3, -0.25) is 0 Å². The monoisotopic (exact) mass is 274 g/mol. The van der Waals surface area contributed by atoms with Crippen molar-refractivity contribution >= 4 is 5.82 Å². The Bertz CT molecular complexity index is 636. The zero-order valence-electron chi connectivity index (χ0n) is 12.9. The molecule has 2 aromatic rings. The molecule has 108 valence electrons. The Morgan fingerprint density at radius 2 is 1.80 bits per heavy atom. The van der Waals surface area contributed by atoms with Gasteiger partial charge in [0.05, 0.1) is 5.69 Å². The number of hydrazine groups is 1. The normalized spacial score (nSPS) is 11.8. The van der Waals surface area contributed by atoms with Gasteiger partial charge in [0, 0.05) is 17.2 Å². The van der Waals surface area contributed by atoms with Gasteiger partial charge in [0.25, 0.3) is 0 Å². The number of nitrogen functional groups attached to an aromatic ring is 1. The third kappa shape index (κ3) is 2.51. The molecule has 0 aliphatic heterocycles. The summed E-state index contributed by atoms with van der Waals surface area (Å²) in [5.41, 5.74) is 5.68. The molecule has 0 aliphatic rings. The van der Waals surface area contributed by atoms with Crippen molar-refractivity contribution < 1.29 is 0 Å². The van der Waals surface area contributed by atoms with E-state index in [2.05, 4.69) is 48.2 Å². The van der Waals surface area contributed by atoms with E-state index in [1.54, 1.807) is 6.07 Å². The molecule has 0 fully saturated rings. The minimum atomic E-state index is -0.160. The molecule has 0 atom stereocenters. The summed E-state index contributed by atoms with van der Waals surface area (Å²) >= 11 is 0. The van der Waals surface area contributed by atoms with Crippen LogP contribution in [0.1, 0.15) is 43.5 Å². The van der Waals surface area contributed by atoms with Gasteiger partial charge in [0.2, 0.25) is 0 Å². The van der Waals surface area contributed by atoms with Crippen molar-refractivity contribution in [3.63, 3.8) is 0 Å². The van der Waals surface area contributed by atoms with Gasteiger partial charge in [0.15, 0.2) is 5.82 Å². The summed E-state index contributed by atoms with van der Waals surface area (Å²) in [6.45, 7) is 12.3. The molecular weight excluding hydrogens is 252 g/mol. The van der Waals surface area contributed by atoms with Crippen molar-refractivity contribution in [3.8, 4) is 5.82 Å². The van der Waals surface area contributed by atoms with Crippen LogP contribution in [-0.2, 0) is 5.41 Å². The number of rotatable bonds is 2. The zero-order chi connectivity index (χ0) is 15.1. The van der Waals surface area contributed by atoms with Gasteiger partial charge in [0.1, 0.15) is 11.6 Å².